The topological polar surface area (TPSA) is 49.5 Å². The van der Waals surface area contributed by atoms with Crippen molar-refractivity contribution in [3.05, 3.63) is 120 Å². The van der Waals surface area contributed by atoms with Crippen molar-refractivity contribution in [2.75, 3.05) is 13.2 Å². The zero-order valence-electron chi connectivity index (χ0n) is 17.6. The number of carbonyl (C=O) groups excluding carboxylic acids is 1. The van der Waals surface area contributed by atoms with Gasteiger partial charge in [-0.2, -0.15) is 0 Å². The van der Waals surface area contributed by atoms with Crippen LogP contribution in [0.15, 0.2) is 103 Å². The fraction of sp³-hybridized carbons (Fsp3) is 0.222. The third-order valence-electron chi connectivity index (χ3n) is 5.92. The third kappa shape index (κ3) is 3.80. The highest BCUT2D eigenvalue weighted by Gasteiger charge is 2.56. The summed E-state index contributed by atoms with van der Waals surface area (Å²) in [5, 5.41) is 11.0. The Morgan fingerprint density at radius 3 is 1.77 bits per heavy atom. The predicted octanol–water partition coefficient (Wildman–Crippen LogP) is 4.14. The standard InChI is InChI=1S/C27H27NO3/c1-3-31-26(30)20(2)25(29)24-19-28(24)27(21-13-7-4-8-14-21,22-15-9-5-10-16-22)23-17-11-6-12-18-23/h4-18,24-25,29H,2-3,19H2,1H3/t24-,25+,28?/m0/s1. The molecule has 0 spiro atoms. The summed E-state index contributed by atoms with van der Waals surface area (Å²) < 4.78 is 5.06. The number of hydrogen-bond acceptors (Lipinski definition) is 4. The number of carbonyl (C=O) groups is 1. The number of nitrogens with zero attached hydrogens (tertiary/aromatic N) is 1. The SMILES string of the molecule is C=C(C(=O)OCC)[C@@H](O)[C@@H]1CN1C(c1ccccc1)(c1ccccc1)c1ccccc1. The molecule has 31 heavy (non-hydrogen) atoms. The molecule has 3 aromatic carbocycles. The molecule has 1 saturated heterocycles. The molecule has 0 amide bonds. The maximum Gasteiger partial charge on any atom is 0.336 e. The van der Waals surface area contributed by atoms with E-state index in [-0.39, 0.29) is 18.2 Å². The minimum atomic E-state index is -1.01. The number of hydrogen-bond donors (Lipinski definition) is 1. The second kappa shape index (κ2) is 8.88. The lowest BCUT2D eigenvalue weighted by Gasteiger charge is -2.38. The molecular formula is C27H27NO3. The number of aliphatic hydroxyl groups is 1. The quantitative estimate of drug-likeness (QED) is 0.261. The molecule has 158 valence electrons. The molecule has 4 rings (SSSR count). The molecule has 0 radical (unpaired) electrons. The van der Waals surface area contributed by atoms with Gasteiger partial charge in [0.05, 0.1) is 23.8 Å². The Bertz CT molecular complexity index is 937. The van der Waals surface area contributed by atoms with E-state index in [0.717, 1.165) is 16.7 Å². The molecule has 0 aromatic heterocycles. The van der Waals surface area contributed by atoms with E-state index < -0.39 is 17.6 Å². The predicted molar refractivity (Wildman–Crippen MR) is 121 cm³/mol. The van der Waals surface area contributed by atoms with Crippen molar-refractivity contribution in [3.8, 4) is 0 Å². The monoisotopic (exact) mass is 413 g/mol. The first-order valence-electron chi connectivity index (χ1n) is 10.6. The van der Waals surface area contributed by atoms with Gasteiger partial charge in [-0.25, -0.2) is 4.79 Å². The molecule has 3 aromatic rings. The largest absolute Gasteiger partial charge is 0.463 e. The van der Waals surface area contributed by atoms with E-state index in [1.807, 2.05) is 54.6 Å². The third-order valence-corrected chi connectivity index (χ3v) is 5.92. The summed E-state index contributed by atoms with van der Waals surface area (Å²) in [6, 6.07) is 30.6. The Morgan fingerprint density at radius 1 is 0.968 bits per heavy atom. The number of aliphatic hydroxyl groups excluding tert-OH is 1. The van der Waals surface area contributed by atoms with E-state index in [0.29, 0.717) is 6.54 Å². The van der Waals surface area contributed by atoms with E-state index in [1.165, 1.54) is 0 Å². The van der Waals surface area contributed by atoms with Gasteiger partial charge >= 0.3 is 5.97 Å². The lowest BCUT2D eigenvalue weighted by molar-refractivity contribution is -0.139. The normalized spacial score (nSPS) is 18.8. The highest BCUT2D eigenvalue weighted by atomic mass is 16.5. The molecule has 0 aliphatic carbocycles. The van der Waals surface area contributed by atoms with Crippen LogP contribution in [0.5, 0.6) is 0 Å². The molecule has 1 aliphatic heterocycles. The van der Waals surface area contributed by atoms with Crippen molar-refractivity contribution in [3.63, 3.8) is 0 Å². The van der Waals surface area contributed by atoms with E-state index in [9.17, 15) is 9.90 Å². The first-order chi connectivity index (χ1) is 15.1. The molecular weight excluding hydrogens is 386 g/mol. The van der Waals surface area contributed by atoms with Gasteiger partial charge in [0.1, 0.15) is 6.10 Å². The van der Waals surface area contributed by atoms with Crippen molar-refractivity contribution in [1.82, 2.24) is 4.90 Å². The minimum Gasteiger partial charge on any atom is -0.463 e. The van der Waals surface area contributed by atoms with E-state index in [2.05, 4.69) is 47.9 Å². The fourth-order valence-electron chi connectivity index (χ4n) is 4.42. The summed E-state index contributed by atoms with van der Waals surface area (Å²) >= 11 is 0. The molecule has 1 aliphatic rings. The van der Waals surface area contributed by atoms with Crippen molar-refractivity contribution in [2.24, 2.45) is 0 Å². The smallest absolute Gasteiger partial charge is 0.336 e. The number of benzene rings is 3. The summed E-state index contributed by atoms with van der Waals surface area (Å²) in [6.07, 6.45) is -1.01. The van der Waals surface area contributed by atoms with Crippen LogP contribution in [0.1, 0.15) is 23.6 Å². The Kier molecular flexibility index (Phi) is 6.03. The van der Waals surface area contributed by atoms with Gasteiger partial charge in [-0.15, -0.1) is 0 Å². The van der Waals surface area contributed by atoms with Gasteiger partial charge < -0.3 is 9.84 Å². The van der Waals surface area contributed by atoms with Crippen LogP contribution in [0.2, 0.25) is 0 Å². The highest BCUT2D eigenvalue weighted by Crippen LogP contribution is 2.49. The van der Waals surface area contributed by atoms with Crippen molar-refractivity contribution in [1.29, 1.82) is 0 Å². The fourth-order valence-corrected chi connectivity index (χ4v) is 4.42. The molecule has 0 saturated carbocycles. The van der Waals surface area contributed by atoms with Gasteiger partial charge in [0.2, 0.25) is 0 Å². The maximum atomic E-state index is 12.2. The van der Waals surface area contributed by atoms with Crippen molar-refractivity contribution in [2.45, 2.75) is 24.6 Å². The number of esters is 1. The lowest BCUT2D eigenvalue weighted by atomic mass is 9.76. The highest BCUT2D eigenvalue weighted by molar-refractivity contribution is 5.89. The van der Waals surface area contributed by atoms with Gasteiger partial charge in [0.15, 0.2) is 0 Å². The van der Waals surface area contributed by atoms with Crippen LogP contribution in [0.4, 0.5) is 0 Å². The Balaban J connectivity index is 1.83. The molecule has 4 heteroatoms. The minimum absolute atomic E-state index is 0.0948. The van der Waals surface area contributed by atoms with Crippen LogP contribution < -0.4 is 0 Å². The average Bonchev–Trinajstić information content (AvgIpc) is 3.62. The molecule has 0 bridgehead atoms. The molecule has 4 nitrogen and oxygen atoms in total. The summed E-state index contributed by atoms with van der Waals surface area (Å²) in [4.78, 5) is 14.4. The Hall–Kier alpha value is -3.21. The second-order valence-electron chi connectivity index (χ2n) is 7.72. The van der Waals surface area contributed by atoms with Crippen molar-refractivity contribution >= 4 is 5.97 Å². The average molecular weight is 414 g/mol. The van der Waals surface area contributed by atoms with Gasteiger partial charge in [0.25, 0.3) is 0 Å². The van der Waals surface area contributed by atoms with Crippen LogP contribution >= 0.6 is 0 Å². The zero-order valence-corrected chi connectivity index (χ0v) is 17.6. The summed E-state index contributed by atoms with van der Waals surface area (Å²) in [5.41, 5.74) is 2.79. The van der Waals surface area contributed by atoms with Crippen molar-refractivity contribution < 1.29 is 14.6 Å². The molecule has 1 fully saturated rings. The van der Waals surface area contributed by atoms with Crippen LogP contribution in [-0.4, -0.2) is 41.3 Å². The molecule has 1 N–H and O–H groups in total. The number of ether oxygens (including phenoxy) is 1. The lowest BCUT2D eigenvalue weighted by Crippen LogP contribution is -2.41. The van der Waals surface area contributed by atoms with E-state index in [4.69, 9.17) is 4.74 Å². The Morgan fingerprint density at radius 2 is 1.39 bits per heavy atom. The molecule has 1 unspecified atom stereocenters. The van der Waals surface area contributed by atoms with E-state index >= 15 is 0 Å². The van der Waals surface area contributed by atoms with Crippen LogP contribution in [-0.2, 0) is 15.1 Å². The van der Waals surface area contributed by atoms with Crippen LogP contribution in [0.25, 0.3) is 0 Å². The van der Waals surface area contributed by atoms with Crippen LogP contribution in [0.3, 0.4) is 0 Å². The summed E-state index contributed by atoms with van der Waals surface area (Å²) in [5.74, 6) is -0.549. The summed E-state index contributed by atoms with van der Waals surface area (Å²) in [6.45, 7) is 6.43. The molecule has 3 atom stereocenters. The van der Waals surface area contributed by atoms with E-state index in [1.54, 1.807) is 6.92 Å². The number of rotatable bonds is 8. The van der Waals surface area contributed by atoms with Gasteiger partial charge in [-0.05, 0) is 23.6 Å². The van der Waals surface area contributed by atoms with Crippen LogP contribution in [0, 0.1) is 0 Å². The first kappa shape index (κ1) is 21.0. The maximum absolute atomic E-state index is 12.2. The Labute approximate surface area is 183 Å². The molecule has 1 heterocycles. The summed E-state index contributed by atoms with van der Waals surface area (Å²) in [7, 11) is 0. The van der Waals surface area contributed by atoms with Gasteiger partial charge in [-0.1, -0.05) is 97.6 Å². The van der Waals surface area contributed by atoms with Gasteiger partial charge in [0, 0.05) is 6.54 Å². The zero-order chi connectivity index (χ0) is 21.8. The first-order valence-corrected chi connectivity index (χ1v) is 10.6. The second-order valence-corrected chi connectivity index (χ2v) is 7.72. The van der Waals surface area contributed by atoms with Gasteiger partial charge in [-0.3, -0.25) is 4.90 Å².